The van der Waals surface area contributed by atoms with Crippen molar-refractivity contribution in [3.63, 3.8) is 0 Å². The van der Waals surface area contributed by atoms with Gasteiger partial charge in [-0.15, -0.1) is 0 Å². The molecule has 0 radical (unpaired) electrons. The van der Waals surface area contributed by atoms with Crippen LogP contribution < -0.4 is 0 Å². The molecule has 6 nitrogen and oxygen atoms in total. The molecule has 1 unspecified atom stereocenters. The van der Waals surface area contributed by atoms with Crippen molar-refractivity contribution in [2.24, 2.45) is 0 Å². The van der Waals surface area contributed by atoms with Crippen molar-refractivity contribution in [3.8, 4) is 0 Å². The fourth-order valence-electron chi connectivity index (χ4n) is 2.87. The van der Waals surface area contributed by atoms with E-state index in [9.17, 15) is 39.6 Å². The number of carbonyl (C=O) groups excluding carboxylic acids is 1. The molecule has 1 aliphatic heterocycles. The van der Waals surface area contributed by atoms with Crippen molar-refractivity contribution in [2.45, 2.75) is 56.4 Å². The summed E-state index contributed by atoms with van der Waals surface area (Å²) in [6.07, 6.45) is -5.14. The van der Waals surface area contributed by atoms with Crippen molar-refractivity contribution in [1.82, 2.24) is 4.90 Å². The molecule has 14 heteroatoms. The molecular weight excluding hydrogens is 480 g/mol. The predicted molar refractivity (Wildman–Crippen MR) is 96.6 cm³/mol. The quantitative estimate of drug-likeness (QED) is 0.348. The lowest BCUT2D eigenvalue weighted by molar-refractivity contribution is -0.0902. The van der Waals surface area contributed by atoms with Crippen molar-refractivity contribution < 1.29 is 48.5 Å². The molecule has 2 rings (SSSR count). The number of nitrogens with zero attached hydrogens (tertiary/aromatic N) is 1. The number of hydrogen-bond donors (Lipinski definition) is 0. The molecule has 176 valence electrons. The number of halogens is 7. The Morgan fingerprint density at radius 2 is 1.84 bits per heavy atom. The van der Waals surface area contributed by atoms with Crippen molar-refractivity contribution in [2.75, 3.05) is 6.54 Å². The van der Waals surface area contributed by atoms with E-state index < -0.39 is 69.2 Å². The Morgan fingerprint density at radius 3 is 2.35 bits per heavy atom. The fraction of sp³-hybridized carbons (Fsp3) is 0.588. The van der Waals surface area contributed by atoms with Gasteiger partial charge in [-0.25, -0.2) is 18.0 Å². The summed E-state index contributed by atoms with van der Waals surface area (Å²) >= 11 is 5.64. The van der Waals surface area contributed by atoms with E-state index >= 15 is 0 Å². The first-order valence-corrected chi connectivity index (χ1v) is 10.4. The van der Waals surface area contributed by atoms with Crippen molar-refractivity contribution in [3.05, 3.63) is 34.6 Å². The average Bonchev–Trinajstić information content (AvgIpc) is 2.80. The minimum absolute atomic E-state index is 0.322. The summed E-state index contributed by atoms with van der Waals surface area (Å²) in [5.74, 6) is -5.30. The van der Waals surface area contributed by atoms with Crippen LogP contribution in [0.3, 0.4) is 0 Å². The molecule has 1 fully saturated rings. The summed E-state index contributed by atoms with van der Waals surface area (Å²) in [6.45, 7) is 2.72. The fourth-order valence-corrected chi connectivity index (χ4v) is 3.72. The average molecular weight is 498 g/mol. The molecule has 1 saturated heterocycles. The monoisotopic (exact) mass is 497 g/mol. The first-order valence-electron chi connectivity index (χ1n) is 8.65. The van der Waals surface area contributed by atoms with Gasteiger partial charge >= 0.3 is 21.7 Å². The largest absolute Gasteiger partial charge is 0.523 e. The van der Waals surface area contributed by atoms with E-state index in [1.807, 2.05) is 0 Å². The Morgan fingerprint density at radius 1 is 1.26 bits per heavy atom. The number of alkyl halides is 5. The zero-order chi connectivity index (χ0) is 24.0. The van der Waals surface area contributed by atoms with E-state index in [-0.39, 0.29) is 5.56 Å². The lowest BCUT2D eigenvalue weighted by Gasteiger charge is -2.30. The maximum absolute atomic E-state index is 14.6. The number of amides is 1. The highest BCUT2D eigenvalue weighted by Crippen LogP contribution is 2.40. The molecule has 0 aliphatic carbocycles. The van der Waals surface area contributed by atoms with Crippen LogP contribution in [0.25, 0.3) is 0 Å². The minimum atomic E-state index is -6.46. The van der Waals surface area contributed by atoms with E-state index in [0.29, 0.717) is 4.90 Å². The highest BCUT2D eigenvalue weighted by atomic mass is 35.5. The molecular formula is C17H18ClF6NO5S. The second-order valence-electron chi connectivity index (χ2n) is 7.77. The van der Waals surface area contributed by atoms with Gasteiger partial charge in [-0.1, -0.05) is 23.7 Å². The zero-order valence-electron chi connectivity index (χ0n) is 16.3. The number of ether oxygens (including phenoxy) is 1. The highest BCUT2D eigenvalue weighted by Gasteiger charge is 2.62. The molecule has 1 aliphatic rings. The number of likely N-dealkylation sites (tertiary alicyclic amines) is 1. The van der Waals surface area contributed by atoms with Gasteiger partial charge in [0.2, 0.25) is 0 Å². The zero-order valence-corrected chi connectivity index (χ0v) is 17.9. The standard InChI is InChI=1S/C17H18ClF6NO5S/c1-15(2,3)29-14(26)25-8-16(20,21)13(30-31(27,28)17(22,23)24)11(25)7-9-5-4-6-10(18)12(9)19/h4-6,11,13H,7-8H2,1-3H3/t11-,13?/m0/s1. The van der Waals surface area contributed by atoms with E-state index in [1.165, 1.54) is 26.8 Å². The summed E-state index contributed by atoms with van der Waals surface area (Å²) in [7, 11) is -6.46. The van der Waals surface area contributed by atoms with Gasteiger partial charge in [0.05, 0.1) is 17.6 Å². The first-order chi connectivity index (χ1) is 13.9. The SMILES string of the molecule is CC(C)(C)OC(=O)N1CC(F)(F)C(OS(=O)(=O)C(F)(F)F)[C@@H]1Cc1cccc(Cl)c1F. The highest BCUT2D eigenvalue weighted by molar-refractivity contribution is 7.87. The molecule has 0 N–H and O–H groups in total. The second kappa shape index (κ2) is 8.32. The van der Waals surface area contributed by atoms with Crippen LogP contribution >= 0.6 is 11.6 Å². The van der Waals surface area contributed by atoms with Gasteiger partial charge in [-0.3, -0.25) is 9.08 Å². The van der Waals surface area contributed by atoms with Gasteiger partial charge in [-0.2, -0.15) is 21.6 Å². The predicted octanol–water partition coefficient (Wildman–Crippen LogP) is 4.51. The maximum Gasteiger partial charge on any atom is 0.523 e. The molecule has 1 aromatic carbocycles. The second-order valence-corrected chi connectivity index (χ2v) is 9.74. The van der Waals surface area contributed by atoms with Crippen molar-refractivity contribution >= 4 is 27.8 Å². The molecule has 0 aromatic heterocycles. The van der Waals surface area contributed by atoms with Crippen LogP contribution in [0, 0.1) is 5.82 Å². The lowest BCUT2D eigenvalue weighted by atomic mass is 10.0. The summed E-state index contributed by atoms with van der Waals surface area (Å²) in [6, 6.07) is 1.46. The maximum atomic E-state index is 14.6. The third-order valence-electron chi connectivity index (χ3n) is 4.15. The third-order valence-corrected chi connectivity index (χ3v) is 5.47. The number of carbonyl (C=O) groups is 1. The van der Waals surface area contributed by atoms with Crippen LogP contribution in [0.1, 0.15) is 26.3 Å². The Kier molecular flexibility index (Phi) is 6.85. The van der Waals surface area contributed by atoms with E-state index in [0.717, 1.165) is 12.1 Å². The Bertz CT molecular complexity index is 947. The van der Waals surface area contributed by atoms with Gasteiger partial charge in [0, 0.05) is 0 Å². The molecule has 0 saturated carbocycles. The summed E-state index contributed by atoms with van der Waals surface area (Å²) in [4.78, 5) is 12.8. The van der Waals surface area contributed by atoms with Crippen LogP contribution in [-0.2, 0) is 25.5 Å². The van der Waals surface area contributed by atoms with Crippen molar-refractivity contribution in [1.29, 1.82) is 0 Å². The first kappa shape index (κ1) is 25.5. The van der Waals surface area contributed by atoms with Gasteiger partial charge < -0.3 is 4.74 Å². The molecule has 0 bridgehead atoms. The molecule has 0 spiro atoms. The van der Waals surface area contributed by atoms with Gasteiger partial charge in [0.1, 0.15) is 11.4 Å². The van der Waals surface area contributed by atoms with E-state index in [4.69, 9.17) is 16.3 Å². The lowest BCUT2D eigenvalue weighted by Crippen LogP contribution is -2.47. The van der Waals surface area contributed by atoms with E-state index in [2.05, 4.69) is 4.18 Å². The molecule has 31 heavy (non-hydrogen) atoms. The van der Waals surface area contributed by atoms with Crippen LogP contribution in [0.2, 0.25) is 5.02 Å². The summed E-state index contributed by atoms with van der Waals surface area (Å²) in [5.41, 5.74) is -7.51. The Hall–Kier alpha value is -1.73. The Labute approximate surface area is 179 Å². The van der Waals surface area contributed by atoms with Crippen LogP contribution in [0.4, 0.5) is 31.1 Å². The third kappa shape index (κ3) is 5.75. The smallest absolute Gasteiger partial charge is 0.444 e. The number of rotatable bonds is 4. The minimum Gasteiger partial charge on any atom is -0.444 e. The van der Waals surface area contributed by atoms with Crippen LogP contribution in [0.15, 0.2) is 18.2 Å². The summed E-state index contributed by atoms with van der Waals surface area (Å²) in [5, 5.41) is -0.411. The van der Waals surface area contributed by atoms with Gasteiger partial charge in [0.25, 0.3) is 5.92 Å². The molecule has 1 heterocycles. The normalized spacial score (nSPS) is 21.9. The molecule has 2 atom stereocenters. The topological polar surface area (TPSA) is 72.9 Å². The Balaban J connectivity index is 2.51. The van der Waals surface area contributed by atoms with Gasteiger partial charge in [-0.05, 0) is 38.8 Å². The van der Waals surface area contributed by atoms with Gasteiger partial charge in [0.15, 0.2) is 6.10 Å². The van der Waals surface area contributed by atoms with Crippen LogP contribution in [0.5, 0.6) is 0 Å². The molecule has 1 aromatic rings. The van der Waals surface area contributed by atoms with E-state index in [1.54, 1.807) is 0 Å². The summed E-state index contributed by atoms with van der Waals surface area (Å²) < 4.78 is 113. The number of benzene rings is 1. The molecule has 1 amide bonds. The van der Waals surface area contributed by atoms with Crippen LogP contribution in [-0.4, -0.2) is 55.1 Å². The number of hydrogen-bond acceptors (Lipinski definition) is 5.